The largest absolute Gasteiger partial charge is 0.355 e. The Bertz CT molecular complexity index is 206. The highest BCUT2D eigenvalue weighted by molar-refractivity contribution is 5.78. The van der Waals surface area contributed by atoms with Crippen LogP contribution in [0.4, 0.5) is 0 Å². The number of likely N-dealkylation sites (tertiary alicyclic amines) is 1. The summed E-state index contributed by atoms with van der Waals surface area (Å²) < 4.78 is 0. The first-order chi connectivity index (χ1) is 6.77. The third-order valence-corrected chi connectivity index (χ3v) is 2.54. The van der Waals surface area contributed by atoms with Crippen LogP contribution in [-0.4, -0.2) is 42.8 Å². The molecule has 1 atom stereocenters. The van der Waals surface area contributed by atoms with Crippen LogP contribution >= 0.6 is 0 Å². The maximum atomic E-state index is 11.3. The number of hydrogen-bond acceptors (Lipinski definition) is 3. The van der Waals surface area contributed by atoms with Crippen molar-refractivity contribution in [3.05, 3.63) is 0 Å². The predicted octanol–water partition coefficient (Wildman–Crippen LogP) is 0.176. The molecule has 1 heterocycles. The molecule has 4 heteroatoms. The van der Waals surface area contributed by atoms with Gasteiger partial charge in [0, 0.05) is 6.54 Å². The SMILES string of the molecule is CCNC(=O)CN1CCCCC1C=O. The van der Waals surface area contributed by atoms with E-state index in [0.29, 0.717) is 13.1 Å². The standard InChI is InChI=1S/C10H18N2O2/c1-2-11-10(14)7-12-6-4-3-5-9(12)8-13/h8-9H,2-7H2,1H3,(H,11,14). The average Bonchev–Trinajstić information content (AvgIpc) is 2.19. The fraction of sp³-hybridized carbons (Fsp3) is 0.800. The summed E-state index contributed by atoms with van der Waals surface area (Å²) in [6.45, 7) is 3.77. The van der Waals surface area contributed by atoms with Crippen molar-refractivity contribution < 1.29 is 9.59 Å². The lowest BCUT2D eigenvalue weighted by molar-refractivity contribution is -0.124. The van der Waals surface area contributed by atoms with Gasteiger partial charge in [0.1, 0.15) is 6.29 Å². The van der Waals surface area contributed by atoms with E-state index in [1.807, 2.05) is 11.8 Å². The van der Waals surface area contributed by atoms with Crippen LogP contribution in [-0.2, 0) is 9.59 Å². The van der Waals surface area contributed by atoms with E-state index in [9.17, 15) is 9.59 Å². The van der Waals surface area contributed by atoms with Crippen molar-refractivity contribution >= 4 is 12.2 Å². The van der Waals surface area contributed by atoms with Gasteiger partial charge >= 0.3 is 0 Å². The van der Waals surface area contributed by atoms with Crippen LogP contribution < -0.4 is 5.32 Å². The molecule has 1 saturated heterocycles. The number of carbonyl (C=O) groups excluding carboxylic acids is 2. The molecule has 1 amide bonds. The van der Waals surface area contributed by atoms with Crippen LogP contribution in [0.1, 0.15) is 26.2 Å². The molecule has 0 aliphatic carbocycles. The number of nitrogens with zero attached hydrogens (tertiary/aromatic N) is 1. The van der Waals surface area contributed by atoms with E-state index < -0.39 is 0 Å². The van der Waals surface area contributed by atoms with Gasteiger partial charge in [0.15, 0.2) is 0 Å². The fourth-order valence-corrected chi connectivity index (χ4v) is 1.80. The second kappa shape index (κ2) is 5.75. The first kappa shape index (κ1) is 11.2. The molecular formula is C10H18N2O2. The quantitative estimate of drug-likeness (QED) is 0.655. The second-order valence-corrected chi connectivity index (χ2v) is 3.62. The Morgan fingerprint density at radius 3 is 3.00 bits per heavy atom. The van der Waals surface area contributed by atoms with Gasteiger partial charge in [0.05, 0.1) is 12.6 Å². The monoisotopic (exact) mass is 198 g/mol. The number of piperidine rings is 1. The summed E-state index contributed by atoms with van der Waals surface area (Å²) in [5, 5.41) is 2.74. The van der Waals surface area contributed by atoms with E-state index in [-0.39, 0.29) is 11.9 Å². The first-order valence-corrected chi connectivity index (χ1v) is 5.24. The summed E-state index contributed by atoms with van der Waals surface area (Å²) in [5.74, 6) is 0.0150. The summed E-state index contributed by atoms with van der Waals surface area (Å²) in [6.07, 6.45) is 4.03. The van der Waals surface area contributed by atoms with Gasteiger partial charge in [-0.25, -0.2) is 0 Å². The van der Waals surface area contributed by atoms with E-state index >= 15 is 0 Å². The van der Waals surface area contributed by atoms with Gasteiger partial charge in [-0.05, 0) is 26.3 Å². The molecule has 0 bridgehead atoms. The van der Waals surface area contributed by atoms with Crippen molar-refractivity contribution in [2.75, 3.05) is 19.6 Å². The Balaban J connectivity index is 2.39. The maximum absolute atomic E-state index is 11.3. The molecular weight excluding hydrogens is 180 g/mol. The van der Waals surface area contributed by atoms with Crippen LogP contribution in [0.2, 0.25) is 0 Å². The second-order valence-electron chi connectivity index (χ2n) is 3.62. The molecule has 4 nitrogen and oxygen atoms in total. The Morgan fingerprint density at radius 2 is 2.36 bits per heavy atom. The van der Waals surface area contributed by atoms with Gasteiger partial charge in [0.2, 0.25) is 5.91 Å². The minimum Gasteiger partial charge on any atom is -0.355 e. The molecule has 1 fully saturated rings. The molecule has 0 aromatic carbocycles. The molecule has 1 aliphatic rings. The number of hydrogen-bond donors (Lipinski definition) is 1. The Morgan fingerprint density at radius 1 is 1.57 bits per heavy atom. The lowest BCUT2D eigenvalue weighted by atomic mass is 10.0. The van der Waals surface area contributed by atoms with Crippen LogP contribution in [0, 0.1) is 0 Å². The predicted molar refractivity (Wildman–Crippen MR) is 54.0 cm³/mol. The normalized spacial score (nSPS) is 23.1. The number of nitrogens with one attached hydrogen (secondary N) is 1. The topological polar surface area (TPSA) is 49.4 Å². The minimum atomic E-state index is -0.0497. The Hall–Kier alpha value is -0.900. The molecule has 0 saturated carbocycles. The summed E-state index contributed by atoms with van der Waals surface area (Å²) in [6, 6.07) is -0.0497. The summed E-state index contributed by atoms with van der Waals surface area (Å²) in [7, 11) is 0. The van der Waals surface area contributed by atoms with Crippen molar-refractivity contribution in [1.82, 2.24) is 10.2 Å². The number of carbonyl (C=O) groups is 2. The lowest BCUT2D eigenvalue weighted by Crippen LogP contribution is -2.46. The molecule has 1 aliphatic heterocycles. The molecule has 0 aromatic heterocycles. The highest BCUT2D eigenvalue weighted by Crippen LogP contribution is 2.14. The third kappa shape index (κ3) is 3.10. The van der Waals surface area contributed by atoms with E-state index in [1.54, 1.807) is 0 Å². The van der Waals surface area contributed by atoms with Gasteiger partial charge in [-0.15, -0.1) is 0 Å². The summed E-state index contributed by atoms with van der Waals surface area (Å²) in [5.41, 5.74) is 0. The van der Waals surface area contributed by atoms with Crippen LogP contribution in [0.3, 0.4) is 0 Å². The molecule has 80 valence electrons. The highest BCUT2D eigenvalue weighted by Gasteiger charge is 2.23. The number of amides is 1. The van der Waals surface area contributed by atoms with Crippen LogP contribution in [0.25, 0.3) is 0 Å². The van der Waals surface area contributed by atoms with Gasteiger partial charge in [-0.3, -0.25) is 9.69 Å². The molecule has 1 rings (SSSR count). The van der Waals surface area contributed by atoms with E-state index in [1.165, 1.54) is 0 Å². The lowest BCUT2D eigenvalue weighted by Gasteiger charge is -2.31. The van der Waals surface area contributed by atoms with Crippen LogP contribution in [0.15, 0.2) is 0 Å². The minimum absolute atomic E-state index is 0.0150. The van der Waals surface area contributed by atoms with E-state index in [2.05, 4.69) is 5.32 Å². The van der Waals surface area contributed by atoms with Gasteiger partial charge < -0.3 is 10.1 Å². The molecule has 1 N–H and O–H groups in total. The third-order valence-electron chi connectivity index (χ3n) is 2.54. The molecule has 0 radical (unpaired) electrons. The van der Waals surface area contributed by atoms with Gasteiger partial charge in [0.25, 0.3) is 0 Å². The number of rotatable bonds is 4. The van der Waals surface area contributed by atoms with Crippen molar-refractivity contribution in [3.8, 4) is 0 Å². The van der Waals surface area contributed by atoms with Gasteiger partial charge in [-0.2, -0.15) is 0 Å². The Kier molecular flexibility index (Phi) is 4.59. The van der Waals surface area contributed by atoms with Gasteiger partial charge in [-0.1, -0.05) is 6.42 Å². The van der Waals surface area contributed by atoms with E-state index in [0.717, 1.165) is 32.1 Å². The zero-order valence-electron chi connectivity index (χ0n) is 8.66. The number of likely N-dealkylation sites (N-methyl/N-ethyl adjacent to an activating group) is 1. The molecule has 14 heavy (non-hydrogen) atoms. The highest BCUT2D eigenvalue weighted by atomic mass is 16.2. The fourth-order valence-electron chi connectivity index (χ4n) is 1.80. The summed E-state index contributed by atoms with van der Waals surface area (Å²) >= 11 is 0. The number of aldehydes is 1. The van der Waals surface area contributed by atoms with E-state index in [4.69, 9.17) is 0 Å². The van der Waals surface area contributed by atoms with Crippen molar-refractivity contribution in [2.45, 2.75) is 32.2 Å². The Labute approximate surface area is 84.7 Å². The smallest absolute Gasteiger partial charge is 0.234 e. The van der Waals surface area contributed by atoms with Crippen molar-refractivity contribution in [3.63, 3.8) is 0 Å². The zero-order valence-corrected chi connectivity index (χ0v) is 8.66. The summed E-state index contributed by atoms with van der Waals surface area (Å²) in [4.78, 5) is 24.0. The van der Waals surface area contributed by atoms with Crippen molar-refractivity contribution in [2.24, 2.45) is 0 Å². The van der Waals surface area contributed by atoms with Crippen molar-refractivity contribution in [1.29, 1.82) is 0 Å². The average molecular weight is 198 g/mol. The van der Waals surface area contributed by atoms with Crippen LogP contribution in [0.5, 0.6) is 0 Å². The molecule has 0 aromatic rings. The maximum Gasteiger partial charge on any atom is 0.234 e. The first-order valence-electron chi connectivity index (χ1n) is 5.24. The zero-order chi connectivity index (χ0) is 10.4. The molecule has 0 spiro atoms. The molecule has 1 unspecified atom stereocenters.